The number of amides is 1. The molecule has 1 aromatic heterocycles. The van der Waals surface area contributed by atoms with Crippen molar-refractivity contribution in [3.63, 3.8) is 0 Å². The predicted molar refractivity (Wildman–Crippen MR) is 75.8 cm³/mol. The topological polar surface area (TPSA) is 42.0 Å². The van der Waals surface area contributed by atoms with Crippen molar-refractivity contribution in [1.29, 1.82) is 0 Å². The molecule has 0 saturated heterocycles. The lowest BCUT2D eigenvalue weighted by atomic mass is 10.1. The zero-order chi connectivity index (χ0) is 13.1. The summed E-state index contributed by atoms with van der Waals surface area (Å²) in [7, 11) is 0. The number of rotatable bonds is 2. The number of benzene rings is 1. The molecular formula is C14H13BrN2O. The van der Waals surface area contributed by atoms with Crippen LogP contribution in [0.1, 0.15) is 21.5 Å². The summed E-state index contributed by atoms with van der Waals surface area (Å²) in [4.78, 5) is 16.2. The third kappa shape index (κ3) is 2.96. The van der Waals surface area contributed by atoms with Gasteiger partial charge in [0.2, 0.25) is 0 Å². The second-order valence-electron chi connectivity index (χ2n) is 4.19. The van der Waals surface area contributed by atoms with Crippen molar-refractivity contribution >= 4 is 27.5 Å². The molecule has 0 bridgehead atoms. The number of nitrogens with one attached hydrogen (secondary N) is 1. The summed E-state index contributed by atoms with van der Waals surface area (Å²) in [6.45, 7) is 3.89. The fourth-order valence-electron chi connectivity index (χ4n) is 1.63. The Labute approximate surface area is 114 Å². The molecule has 92 valence electrons. The van der Waals surface area contributed by atoms with Crippen LogP contribution in [0, 0.1) is 13.8 Å². The van der Waals surface area contributed by atoms with Crippen molar-refractivity contribution in [2.24, 2.45) is 0 Å². The first-order valence-electron chi connectivity index (χ1n) is 5.55. The molecule has 0 aliphatic carbocycles. The third-order valence-corrected chi connectivity index (χ3v) is 3.19. The van der Waals surface area contributed by atoms with E-state index in [9.17, 15) is 4.79 Å². The highest BCUT2D eigenvalue weighted by molar-refractivity contribution is 9.10. The Morgan fingerprint density at radius 2 is 1.94 bits per heavy atom. The Morgan fingerprint density at radius 1 is 1.17 bits per heavy atom. The van der Waals surface area contributed by atoms with E-state index in [4.69, 9.17) is 0 Å². The highest BCUT2D eigenvalue weighted by Gasteiger charge is 2.10. The fourth-order valence-corrected chi connectivity index (χ4v) is 2.06. The molecule has 1 aromatic carbocycles. The van der Waals surface area contributed by atoms with Gasteiger partial charge in [-0.25, -0.2) is 0 Å². The van der Waals surface area contributed by atoms with E-state index >= 15 is 0 Å². The molecule has 1 heterocycles. The molecular weight excluding hydrogens is 292 g/mol. The minimum absolute atomic E-state index is 0.141. The molecule has 0 spiro atoms. The summed E-state index contributed by atoms with van der Waals surface area (Å²) in [6.07, 6.45) is 3.38. The molecule has 0 fully saturated rings. The van der Waals surface area contributed by atoms with E-state index in [1.807, 2.05) is 38.1 Å². The average Bonchev–Trinajstić information content (AvgIpc) is 2.32. The number of anilines is 1. The molecule has 2 rings (SSSR count). The van der Waals surface area contributed by atoms with Gasteiger partial charge in [0, 0.05) is 10.7 Å². The van der Waals surface area contributed by atoms with Crippen molar-refractivity contribution in [3.05, 3.63) is 57.8 Å². The van der Waals surface area contributed by atoms with E-state index in [0.29, 0.717) is 11.3 Å². The highest BCUT2D eigenvalue weighted by Crippen LogP contribution is 2.19. The summed E-state index contributed by atoms with van der Waals surface area (Å²) in [6, 6.07) is 7.56. The third-order valence-electron chi connectivity index (χ3n) is 2.50. The maximum absolute atomic E-state index is 12.1. The minimum Gasteiger partial charge on any atom is -0.321 e. The molecule has 2 aromatic rings. The van der Waals surface area contributed by atoms with Crippen LogP contribution in [0.4, 0.5) is 5.69 Å². The zero-order valence-corrected chi connectivity index (χ0v) is 11.8. The van der Waals surface area contributed by atoms with Crippen LogP contribution in [0.3, 0.4) is 0 Å². The SMILES string of the molecule is Cc1cncc(NC(=O)c2cc(C)ccc2Br)c1. The molecule has 0 saturated carbocycles. The Bertz CT molecular complexity index is 596. The van der Waals surface area contributed by atoms with Gasteiger partial charge in [-0.15, -0.1) is 0 Å². The van der Waals surface area contributed by atoms with Gasteiger partial charge >= 0.3 is 0 Å². The summed E-state index contributed by atoms with van der Waals surface area (Å²) < 4.78 is 0.784. The lowest BCUT2D eigenvalue weighted by Crippen LogP contribution is -2.13. The van der Waals surface area contributed by atoms with Crippen LogP contribution in [0.25, 0.3) is 0 Å². The van der Waals surface area contributed by atoms with Gasteiger partial charge in [-0.1, -0.05) is 11.6 Å². The lowest BCUT2D eigenvalue weighted by molar-refractivity contribution is 0.102. The van der Waals surface area contributed by atoms with Crippen LogP contribution in [-0.4, -0.2) is 10.9 Å². The van der Waals surface area contributed by atoms with E-state index < -0.39 is 0 Å². The van der Waals surface area contributed by atoms with Gasteiger partial charge in [0.25, 0.3) is 5.91 Å². The van der Waals surface area contributed by atoms with Crippen molar-refractivity contribution in [2.75, 3.05) is 5.32 Å². The maximum Gasteiger partial charge on any atom is 0.256 e. The number of carbonyl (C=O) groups excluding carboxylic acids is 1. The number of hydrogen-bond acceptors (Lipinski definition) is 2. The van der Waals surface area contributed by atoms with E-state index in [1.165, 1.54) is 0 Å². The van der Waals surface area contributed by atoms with Gasteiger partial charge in [-0.3, -0.25) is 9.78 Å². The molecule has 0 atom stereocenters. The van der Waals surface area contributed by atoms with Gasteiger partial charge in [0.15, 0.2) is 0 Å². The predicted octanol–water partition coefficient (Wildman–Crippen LogP) is 3.71. The smallest absolute Gasteiger partial charge is 0.256 e. The Morgan fingerprint density at radius 3 is 2.67 bits per heavy atom. The molecule has 0 radical (unpaired) electrons. The molecule has 3 nitrogen and oxygen atoms in total. The van der Waals surface area contributed by atoms with Gasteiger partial charge in [-0.05, 0) is 53.5 Å². The van der Waals surface area contributed by atoms with Gasteiger partial charge in [-0.2, -0.15) is 0 Å². The van der Waals surface area contributed by atoms with E-state index in [1.54, 1.807) is 12.4 Å². The number of carbonyl (C=O) groups is 1. The van der Waals surface area contributed by atoms with Gasteiger partial charge in [0.05, 0.1) is 17.4 Å². The molecule has 0 aliphatic rings. The first-order valence-corrected chi connectivity index (χ1v) is 6.35. The maximum atomic E-state index is 12.1. The summed E-state index contributed by atoms with van der Waals surface area (Å²) >= 11 is 3.38. The first-order chi connectivity index (χ1) is 8.56. The first kappa shape index (κ1) is 12.8. The highest BCUT2D eigenvalue weighted by atomic mass is 79.9. The average molecular weight is 305 g/mol. The normalized spacial score (nSPS) is 10.2. The monoisotopic (exact) mass is 304 g/mol. The molecule has 1 N–H and O–H groups in total. The van der Waals surface area contributed by atoms with E-state index in [0.717, 1.165) is 15.6 Å². The minimum atomic E-state index is -0.141. The van der Waals surface area contributed by atoms with Crippen LogP contribution in [0.2, 0.25) is 0 Å². The number of pyridine rings is 1. The van der Waals surface area contributed by atoms with Gasteiger partial charge in [0.1, 0.15) is 0 Å². The second kappa shape index (κ2) is 5.31. The standard InChI is InChI=1S/C14H13BrN2O/c1-9-3-4-13(15)12(6-9)14(18)17-11-5-10(2)7-16-8-11/h3-8H,1-2H3,(H,17,18). The van der Waals surface area contributed by atoms with Crippen LogP contribution >= 0.6 is 15.9 Å². The number of halogens is 1. The second-order valence-corrected chi connectivity index (χ2v) is 5.04. The number of nitrogens with zero attached hydrogens (tertiary/aromatic N) is 1. The molecule has 0 aliphatic heterocycles. The quantitative estimate of drug-likeness (QED) is 0.919. The van der Waals surface area contributed by atoms with Gasteiger partial charge < -0.3 is 5.32 Å². The van der Waals surface area contributed by atoms with E-state index in [2.05, 4.69) is 26.2 Å². The molecule has 0 unspecified atom stereocenters. The van der Waals surface area contributed by atoms with Crippen LogP contribution in [-0.2, 0) is 0 Å². The number of hydrogen-bond donors (Lipinski definition) is 1. The Hall–Kier alpha value is -1.68. The fraction of sp³-hybridized carbons (Fsp3) is 0.143. The molecule has 4 heteroatoms. The molecule has 18 heavy (non-hydrogen) atoms. The van der Waals surface area contributed by atoms with Crippen molar-refractivity contribution in [3.8, 4) is 0 Å². The van der Waals surface area contributed by atoms with Crippen molar-refractivity contribution < 1.29 is 4.79 Å². The lowest BCUT2D eigenvalue weighted by Gasteiger charge is -2.08. The summed E-state index contributed by atoms with van der Waals surface area (Å²) in [5, 5.41) is 2.84. The number of aryl methyl sites for hydroxylation is 2. The van der Waals surface area contributed by atoms with E-state index in [-0.39, 0.29) is 5.91 Å². The molecule has 1 amide bonds. The Balaban J connectivity index is 2.24. The van der Waals surface area contributed by atoms with Crippen LogP contribution < -0.4 is 5.32 Å². The number of aromatic nitrogens is 1. The van der Waals surface area contributed by atoms with Crippen molar-refractivity contribution in [1.82, 2.24) is 4.98 Å². The zero-order valence-electron chi connectivity index (χ0n) is 10.2. The van der Waals surface area contributed by atoms with Crippen LogP contribution in [0.15, 0.2) is 41.1 Å². The van der Waals surface area contributed by atoms with Crippen LogP contribution in [0.5, 0.6) is 0 Å². The summed E-state index contributed by atoms with van der Waals surface area (Å²) in [5.74, 6) is -0.141. The Kier molecular flexibility index (Phi) is 3.77. The van der Waals surface area contributed by atoms with Crippen molar-refractivity contribution in [2.45, 2.75) is 13.8 Å². The summed E-state index contributed by atoms with van der Waals surface area (Å²) in [5.41, 5.74) is 3.38. The largest absolute Gasteiger partial charge is 0.321 e.